The topological polar surface area (TPSA) is 18.5 Å². The van der Waals surface area contributed by atoms with Gasteiger partial charge in [0.15, 0.2) is 0 Å². The quantitative estimate of drug-likeness (QED) is 0.375. The van der Waals surface area contributed by atoms with Gasteiger partial charge >= 0.3 is 0 Å². The maximum absolute atomic E-state index is 5.85. The fraction of sp³-hybridized carbons (Fsp3) is 0.500. The molecule has 0 aliphatic rings. The molecule has 0 heterocycles. The Labute approximate surface area is 159 Å². The molecule has 0 amide bonds. The molecule has 0 N–H and O–H groups in total. The number of unbranched alkanes of at least 4 members (excludes halogenated alkanes) is 4. The summed E-state index contributed by atoms with van der Waals surface area (Å²) in [5, 5.41) is 0. The molecule has 26 heavy (non-hydrogen) atoms. The van der Waals surface area contributed by atoms with Crippen molar-refractivity contribution in [2.75, 3.05) is 13.2 Å². The van der Waals surface area contributed by atoms with Gasteiger partial charge in [-0.2, -0.15) is 0 Å². The first-order valence-electron chi connectivity index (χ1n) is 10.2. The highest BCUT2D eigenvalue weighted by Gasteiger charge is 2.06. The lowest BCUT2D eigenvalue weighted by atomic mass is 10.0. The molecule has 1 atom stereocenters. The van der Waals surface area contributed by atoms with Gasteiger partial charge in [0.2, 0.25) is 0 Å². The first kappa shape index (κ1) is 20.5. The minimum absolute atomic E-state index is 0.150. The van der Waals surface area contributed by atoms with E-state index in [0.717, 1.165) is 31.8 Å². The summed E-state index contributed by atoms with van der Waals surface area (Å²) in [5.41, 5.74) is 3.67. The van der Waals surface area contributed by atoms with Gasteiger partial charge in [-0.3, -0.25) is 0 Å². The highest BCUT2D eigenvalue weighted by Crippen LogP contribution is 2.25. The molecule has 2 aromatic carbocycles. The van der Waals surface area contributed by atoms with Gasteiger partial charge in [-0.05, 0) is 48.6 Å². The number of ether oxygens (including phenoxy) is 2. The van der Waals surface area contributed by atoms with Crippen molar-refractivity contribution >= 4 is 0 Å². The van der Waals surface area contributed by atoms with Gasteiger partial charge < -0.3 is 9.47 Å². The highest BCUT2D eigenvalue weighted by atomic mass is 16.5. The Morgan fingerprint density at radius 2 is 1.31 bits per heavy atom. The first-order valence-corrected chi connectivity index (χ1v) is 10.2. The standard InChI is InChI=1S/C24H34O2/c1-4-6-7-8-9-19-26-24-16-14-23(15-17-24)22-12-10-21(11-13-22)20(3)25-18-5-2/h10-17,20H,4-9,18-19H2,1-3H3. The molecule has 2 heteroatoms. The zero-order chi connectivity index (χ0) is 18.6. The summed E-state index contributed by atoms with van der Waals surface area (Å²) >= 11 is 0. The van der Waals surface area contributed by atoms with Gasteiger partial charge in [0.1, 0.15) is 5.75 Å². The van der Waals surface area contributed by atoms with Crippen LogP contribution in [-0.2, 0) is 4.74 Å². The number of hydrogen-bond donors (Lipinski definition) is 0. The lowest BCUT2D eigenvalue weighted by Gasteiger charge is -2.13. The third-order valence-electron chi connectivity index (χ3n) is 4.66. The van der Waals surface area contributed by atoms with Gasteiger partial charge in [-0.15, -0.1) is 0 Å². The second-order valence-electron chi connectivity index (χ2n) is 6.92. The lowest BCUT2D eigenvalue weighted by molar-refractivity contribution is 0.0663. The minimum Gasteiger partial charge on any atom is -0.494 e. The van der Waals surface area contributed by atoms with Crippen molar-refractivity contribution < 1.29 is 9.47 Å². The van der Waals surface area contributed by atoms with Crippen LogP contribution >= 0.6 is 0 Å². The van der Waals surface area contributed by atoms with E-state index >= 15 is 0 Å². The van der Waals surface area contributed by atoms with Crippen LogP contribution in [0.4, 0.5) is 0 Å². The third kappa shape index (κ3) is 6.84. The van der Waals surface area contributed by atoms with Crippen LogP contribution in [0, 0.1) is 0 Å². The van der Waals surface area contributed by atoms with Crippen LogP contribution in [-0.4, -0.2) is 13.2 Å². The summed E-state index contributed by atoms with van der Waals surface area (Å²) in [6, 6.07) is 17.1. The van der Waals surface area contributed by atoms with E-state index in [0.29, 0.717) is 0 Å². The van der Waals surface area contributed by atoms with E-state index in [1.807, 2.05) is 0 Å². The van der Waals surface area contributed by atoms with Gasteiger partial charge in [-0.1, -0.05) is 75.9 Å². The molecule has 0 aliphatic heterocycles. The van der Waals surface area contributed by atoms with Crippen LogP contribution in [0.5, 0.6) is 5.75 Å². The van der Waals surface area contributed by atoms with Gasteiger partial charge in [0, 0.05) is 6.61 Å². The molecule has 142 valence electrons. The fourth-order valence-electron chi connectivity index (χ4n) is 2.98. The first-order chi connectivity index (χ1) is 12.7. The van der Waals surface area contributed by atoms with E-state index in [1.54, 1.807) is 0 Å². The largest absolute Gasteiger partial charge is 0.494 e. The molecule has 0 aliphatic carbocycles. The van der Waals surface area contributed by atoms with Crippen molar-refractivity contribution in [2.24, 2.45) is 0 Å². The van der Waals surface area contributed by atoms with Crippen molar-refractivity contribution in [3.8, 4) is 16.9 Å². The predicted molar refractivity (Wildman–Crippen MR) is 111 cm³/mol. The average molecular weight is 355 g/mol. The number of hydrogen-bond acceptors (Lipinski definition) is 2. The number of rotatable bonds is 12. The summed E-state index contributed by atoms with van der Waals surface area (Å²) in [4.78, 5) is 0. The molecule has 0 radical (unpaired) electrons. The molecule has 0 aromatic heterocycles. The van der Waals surface area contributed by atoms with E-state index in [1.165, 1.54) is 42.4 Å². The normalized spacial score (nSPS) is 12.1. The van der Waals surface area contributed by atoms with Crippen LogP contribution in [0.1, 0.15) is 71.0 Å². The van der Waals surface area contributed by atoms with Gasteiger partial charge in [0.25, 0.3) is 0 Å². The second kappa shape index (κ2) is 11.7. The zero-order valence-electron chi connectivity index (χ0n) is 16.7. The Balaban J connectivity index is 1.83. The molecule has 2 rings (SSSR count). The Morgan fingerprint density at radius 1 is 0.692 bits per heavy atom. The smallest absolute Gasteiger partial charge is 0.119 e. The Kier molecular flexibility index (Phi) is 9.27. The Morgan fingerprint density at radius 3 is 1.92 bits per heavy atom. The van der Waals surface area contributed by atoms with E-state index < -0.39 is 0 Å². The van der Waals surface area contributed by atoms with Crippen molar-refractivity contribution in [3.63, 3.8) is 0 Å². The third-order valence-corrected chi connectivity index (χ3v) is 4.66. The van der Waals surface area contributed by atoms with E-state index in [9.17, 15) is 0 Å². The van der Waals surface area contributed by atoms with Gasteiger partial charge in [0.05, 0.1) is 12.7 Å². The monoisotopic (exact) mass is 354 g/mol. The average Bonchev–Trinajstić information content (AvgIpc) is 2.69. The van der Waals surface area contributed by atoms with Crippen molar-refractivity contribution in [3.05, 3.63) is 54.1 Å². The summed E-state index contributed by atoms with van der Waals surface area (Å²) in [6.07, 6.45) is 7.54. The summed E-state index contributed by atoms with van der Waals surface area (Å²) < 4.78 is 11.6. The molecule has 2 aromatic rings. The second-order valence-corrected chi connectivity index (χ2v) is 6.92. The summed E-state index contributed by atoms with van der Waals surface area (Å²) in [5.74, 6) is 0.961. The Hall–Kier alpha value is -1.80. The fourth-order valence-corrected chi connectivity index (χ4v) is 2.98. The molecule has 0 saturated heterocycles. The van der Waals surface area contributed by atoms with Crippen LogP contribution in [0.25, 0.3) is 11.1 Å². The van der Waals surface area contributed by atoms with Crippen LogP contribution in [0.3, 0.4) is 0 Å². The molecular formula is C24H34O2. The number of benzene rings is 2. The molecule has 0 spiro atoms. The molecule has 0 saturated carbocycles. The SMILES string of the molecule is CCCCCCCOc1ccc(-c2ccc(C(C)OCCC)cc2)cc1. The predicted octanol–water partition coefficient (Wildman–Crippen LogP) is 7.19. The van der Waals surface area contributed by atoms with Crippen molar-refractivity contribution in [1.29, 1.82) is 0 Å². The van der Waals surface area contributed by atoms with Gasteiger partial charge in [-0.25, -0.2) is 0 Å². The molecule has 2 nitrogen and oxygen atoms in total. The van der Waals surface area contributed by atoms with Crippen LogP contribution < -0.4 is 4.74 Å². The van der Waals surface area contributed by atoms with Crippen molar-refractivity contribution in [2.45, 2.75) is 65.4 Å². The highest BCUT2D eigenvalue weighted by molar-refractivity contribution is 5.64. The van der Waals surface area contributed by atoms with Crippen LogP contribution in [0.2, 0.25) is 0 Å². The Bertz CT molecular complexity index is 601. The summed E-state index contributed by atoms with van der Waals surface area (Å²) in [6.45, 7) is 8.11. The van der Waals surface area contributed by atoms with Crippen LogP contribution in [0.15, 0.2) is 48.5 Å². The lowest BCUT2D eigenvalue weighted by Crippen LogP contribution is -2.00. The molecule has 1 unspecified atom stereocenters. The van der Waals surface area contributed by atoms with Crippen molar-refractivity contribution in [1.82, 2.24) is 0 Å². The summed E-state index contributed by atoms with van der Waals surface area (Å²) in [7, 11) is 0. The minimum atomic E-state index is 0.150. The molecule has 0 bridgehead atoms. The maximum atomic E-state index is 5.85. The van der Waals surface area contributed by atoms with E-state index in [-0.39, 0.29) is 6.10 Å². The maximum Gasteiger partial charge on any atom is 0.119 e. The van der Waals surface area contributed by atoms with E-state index in [4.69, 9.17) is 9.47 Å². The zero-order valence-corrected chi connectivity index (χ0v) is 16.7. The van der Waals surface area contributed by atoms with E-state index in [2.05, 4.69) is 69.3 Å². The molecular weight excluding hydrogens is 320 g/mol. The molecule has 0 fully saturated rings.